The first-order chi connectivity index (χ1) is 13.4. The number of aromatic nitrogens is 4. The molecule has 0 saturated carbocycles. The highest BCUT2D eigenvalue weighted by molar-refractivity contribution is 8.00. The smallest absolute Gasteiger partial charge is 0.253 e. The molecule has 0 radical (unpaired) electrons. The van der Waals surface area contributed by atoms with Gasteiger partial charge in [0.1, 0.15) is 0 Å². The number of aryl methyl sites for hydroxylation is 2. The van der Waals surface area contributed by atoms with Crippen LogP contribution in [0.4, 0.5) is 5.69 Å². The van der Waals surface area contributed by atoms with Crippen LogP contribution in [0.1, 0.15) is 30.3 Å². The Balaban J connectivity index is 1.53. The van der Waals surface area contributed by atoms with Gasteiger partial charge in [-0.25, -0.2) is 9.50 Å². The molecule has 146 valence electrons. The molecule has 2 aromatic heterocycles. The fourth-order valence-electron chi connectivity index (χ4n) is 3.25. The van der Waals surface area contributed by atoms with E-state index in [-0.39, 0.29) is 5.91 Å². The third-order valence-electron chi connectivity index (χ3n) is 5.11. The molecule has 0 spiro atoms. The van der Waals surface area contributed by atoms with Gasteiger partial charge in [0.05, 0.1) is 11.4 Å². The predicted octanol–water partition coefficient (Wildman–Crippen LogP) is 4.06. The fourth-order valence-corrected chi connectivity index (χ4v) is 5.06. The van der Waals surface area contributed by atoms with Crippen molar-refractivity contribution >= 4 is 40.9 Å². The zero-order chi connectivity index (χ0) is 19.8. The number of thioether (sulfide) groups is 2. The van der Waals surface area contributed by atoms with Crippen molar-refractivity contribution in [3.63, 3.8) is 0 Å². The molecule has 1 aromatic carbocycles. The van der Waals surface area contributed by atoms with Crippen molar-refractivity contribution in [2.75, 3.05) is 17.2 Å². The summed E-state index contributed by atoms with van der Waals surface area (Å²) in [7, 11) is 0. The van der Waals surface area contributed by atoms with Crippen LogP contribution in [0.15, 0.2) is 34.3 Å². The lowest BCUT2D eigenvalue weighted by atomic mass is 10.2. The second kappa shape index (κ2) is 7.75. The van der Waals surface area contributed by atoms with Crippen molar-refractivity contribution in [2.45, 2.75) is 49.4 Å². The maximum absolute atomic E-state index is 13.0. The van der Waals surface area contributed by atoms with Gasteiger partial charge in [0, 0.05) is 28.1 Å². The van der Waals surface area contributed by atoms with Crippen LogP contribution < -0.4 is 4.90 Å². The summed E-state index contributed by atoms with van der Waals surface area (Å²) >= 11 is 3.21. The van der Waals surface area contributed by atoms with E-state index in [1.807, 2.05) is 55.6 Å². The van der Waals surface area contributed by atoms with Crippen LogP contribution in [-0.2, 0) is 4.79 Å². The first kappa shape index (κ1) is 19.3. The quantitative estimate of drug-likeness (QED) is 0.604. The van der Waals surface area contributed by atoms with Gasteiger partial charge in [-0.05, 0) is 44.9 Å². The summed E-state index contributed by atoms with van der Waals surface area (Å²) in [5.41, 5.74) is 4.10. The number of amides is 1. The molecule has 0 fully saturated rings. The van der Waals surface area contributed by atoms with E-state index in [2.05, 4.69) is 28.1 Å². The maximum Gasteiger partial charge on any atom is 0.253 e. The molecule has 3 heterocycles. The number of fused-ring (bicyclic) bond motifs is 2. The second-order valence-corrected chi connectivity index (χ2v) is 9.46. The molecule has 1 amide bonds. The van der Waals surface area contributed by atoms with Gasteiger partial charge >= 0.3 is 0 Å². The standard InChI is InChI=1S/C20H23N5OS2/c1-12-9-10-24(16-7-5-6-8-17(16)28-12)18(26)11-27-20-22-19-21-14(3)13(2)15(4)25(19)23-20/h5-8,12H,9-11H2,1-4H3/t12-/m0/s1. The highest BCUT2D eigenvalue weighted by Gasteiger charge is 2.24. The van der Waals surface area contributed by atoms with Crippen molar-refractivity contribution < 1.29 is 4.79 Å². The van der Waals surface area contributed by atoms with E-state index in [0.29, 0.717) is 21.9 Å². The highest BCUT2D eigenvalue weighted by Crippen LogP contribution is 2.37. The molecule has 0 unspecified atom stereocenters. The zero-order valence-corrected chi connectivity index (χ0v) is 18.1. The van der Waals surface area contributed by atoms with Gasteiger partial charge in [-0.1, -0.05) is 30.8 Å². The van der Waals surface area contributed by atoms with Crippen molar-refractivity contribution in [1.82, 2.24) is 19.6 Å². The van der Waals surface area contributed by atoms with E-state index in [0.717, 1.165) is 35.6 Å². The fraction of sp³-hybridized carbons (Fsp3) is 0.400. The van der Waals surface area contributed by atoms with Crippen molar-refractivity contribution in [1.29, 1.82) is 0 Å². The van der Waals surface area contributed by atoms with Gasteiger partial charge in [-0.15, -0.1) is 16.9 Å². The maximum atomic E-state index is 13.0. The Morgan fingerprint density at radius 3 is 2.86 bits per heavy atom. The van der Waals surface area contributed by atoms with Crippen molar-refractivity contribution in [3.05, 3.63) is 41.2 Å². The average Bonchev–Trinajstić information content (AvgIpc) is 3.00. The lowest BCUT2D eigenvalue weighted by Crippen LogP contribution is -2.33. The van der Waals surface area contributed by atoms with Crippen LogP contribution in [0.25, 0.3) is 5.78 Å². The Morgan fingerprint density at radius 1 is 1.25 bits per heavy atom. The van der Waals surface area contributed by atoms with Gasteiger partial charge in [-0.2, -0.15) is 4.98 Å². The summed E-state index contributed by atoms with van der Waals surface area (Å²) < 4.78 is 1.76. The molecular formula is C20H23N5OS2. The van der Waals surface area contributed by atoms with Crippen LogP contribution in [0.2, 0.25) is 0 Å². The van der Waals surface area contributed by atoms with Crippen molar-refractivity contribution in [3.8, 4) is 0 Å². The number of rotatable bonds is 3. The molecule has 6 nitrogen and oxygen atoms in total. The molecule has 0 saturated heterocycles. The minimum atomic E-state index is 0.0862. The number of carbonyl (C=O) groups is 1. The first-order valence-corrected chi connectivity index (χ1v) is 11.2. The Morgan fingerprint density at radius 2 is 2.04 bits per heavy atom. The van der Waals surface area contributed by atoms with E-state index >= 15 is 0 Å². The summed E-state index contributed by atoms with van der Waals surface area (Å²) in [5, 5.41) is 5.61. The van der Waals surface area contributed by atoms with Gasteiger partial charge in [0.15, 0.2) is 0 Å². The normalized spacial score (nSPS) is 16.9. The van der Waals surface area contributed by atoms with E-state index in [4.69, 9.17) is 0 Å². The topological polar surface area (TPSA) is 63.4 Å². The van der Waals surface area contributed by atoms with Gasteiger partial charge in [-0.3, -0.25) is 4.79 Å². The molecule has 1 atom stereocenters. The molecule has 0 bridgehead atoms. The Bertz CT molecular complexity index is 1050. The number of nitrogens with zero attached hydrogens (tertiary/aromatic N) is 5. The number of carbonyl (C=O) groups excluding carboxylic acids is 1. The van der Waals surface area contributed by atoms with E-state index < -0.39 is 0 Å². The number of para-hydroxylation sites is 1. The van der Waals surface area contributed by atoms with Crippen LogP contribution >= 0.6 is 23.5 Å². The minimum absolute atomic E-state index is 0.0862. The van der Waals surface area contributed by atoms with E-state index in [1.165, 1.54) is 16.7 Å². The second-order valence-electron chi connectivity index (χ2n) is 7.03. The lowest BCUT2D eigenvalue weighted by Gasteiger charge is -2.22. The summed E-state index contributed by atoms with van der Waals surface area (Å²) in [4.78, 5) is 25.1. The Labute approximate surface area is 173 Å². The summed E-state index contributed by atoms with van der Waals surface area (Å²) in [6.07, 6.45) is 0.976. The SMILES string of the molecule is Cc1nc2nc(SCC(=O)N3CC[C@H](C)Sc4ccccc43)nn2c(C)c1C. The van der Waals surface area contributed by atoms with Gasteiger partial charge in [0.2, 0.25) is 11.1 Å². The number of benzene rings is 1. The highest BCUT2D eigenvalue weighted by atomic mass is 32.2. The van der Waals surface area contributed by atoms with Crippen LogP contribution in [-0.4, -0.2) is 43.0 Å². The van der Waals surface area contributed by atoms with E-state index in [9.17, 15) is 4.79 Å². The molecule has 1 aliphatic rings. The predicted molar refractivity (Wildman–Crippen MR) is 114 cm³/mol. The van der Waals surface area contributed by atoms with Gasteiger partial charge < -0.3 is 4.90 Å². The molecule has 1 aliphatic heterocycles. The van der Waals surface area contributed by atoms with Crippen molar-refractivity contribution in [2.24, 2.45) is 0 Å². The molecule has 3 aromatic rings. The van der Waals surface area contributed by atoms with Crippen LogP contribution in [0, 0.1) is 20.8 Å². The molecule has 0 aliphatic carbocycles. The third-order valence-corrected chi connectivity index (χ3v) is 7.17. The summed E-state index contributed by atoms with van der Waals surface area (Å²) in [6, 6.07) is 8.15. The third kappa shape index (κ3) is 3.63. The lowest BCUT2D eigenvalue weighted by molar-refractivity contribution is -0.116. The molecule has 28 heavy (non-hydrogen) atoms. The molecular weight excluding hydrogens is 390 g/mol. The first-order valence-electron chi connectivity index (χ1n) is 9.33. The van der Waals surface area contributed by atoms with E-state index in [1.54, 1.807) is 4.52 Å². The Kier molecular flexibility index (Phi) is 5.33. The summed E-state index contributed by atoms with van der Waals surface area (Å²) in [5.74, 6) is 0.977. The minimum Gasteiger partial charge on any atom is -0.311 e. The molecule has 4 rings (SSSR count). The van der Waals surface area contributed by atoms with Gasteiger partial charge in [0.25, 0.3) is 5.78 Å². The average molecular weight is 414 g/mol. The summed E-state index contributed by atoms with van der Waals surface area (Å²) in [6.45, 7) is 8.97. The zero-order valence-electron chi connectivity index (χ0n) is 16.5. The number of anilines is 1. The number of hydrogen-bond donors (Lipinski definition) is 0. The van der Waals surface area contributed by atoms with Crippen LogP contribution in [0.3, 0.4) is 0 Å². The Hall–Kier alpha value is -2.06. The molecule has 0 N–H and O–H groups in total. The monoisotopic (exact) mass is 413 g/mol. The molecule has 8 heteroatoms. The number of hydrogen-bond acceptors (Lipinski definition) is 6. The van der Waals surface area contributed by atoms with Crippen LogP contribution in [0.5, 0.6) is 0 Å². The largest absolute Gasteiger partial charge is 0.311 e.